The van der Waals surface area contributed by atoms with Crippen molar-refractivity contribution in [1.29, 1.82) is 0 Å². The second-order valence-corrected chi connectivity index (χ2v) is 6.10. The standard InChI is InChI=1S/C16H21F3N2O/c17-16(18,19)22-14-3-1-2-13(11-14)15(10-12-4-5-12)21-8-6-20-7-9-21/h1-3,11-12,15,20H,4-10H2/t15-/m1/s1. The fraction of sp³-hybridized carbons (Fsp3) is 0.625. The van der Waals surface area contributed by atoms with Crippen LogP contribution in [0, 0.1) is 5.92 Å². The Morgan fingerprint density at radius 3 is 2.59 bits per heavy atom. The van der Waals surface area contributed by atoms with Crippen molar-refractivity contribution >= 4 is 0 Å². The lowest BCUT2D eigenvalue weighted by Gasteiger charge is -2.35. The summed E-state index contributed by atoms with van der Waals surface area (Å²) in [5.41, 5.74) is 0.926. The molecule has 1 atom stereocenters. The number of rotatable bonds is 5. The lowest BCUT2D eigenvalue weighted by Crippen LogP contribution is -2.45. The van der Waals surface area contributed by atoms with Gasteiger partial charge in [0, 0.05) is 32.2 Å². The average Bonchev–Trinajstić information content (AvgIpc) is 3.28. The Bertz CT molecular complexity index is 496. The summed E-state index contributed by atoms with van der Waals surface area (Å²) in [5.74, 6) is 0.591. The highest BCUT2D eigenvalue weighted by atomic mass is 19.4. The van der Waals surface area contributed by atoms with Crippen LogP contribution in [0.5, 0.6) is 5.75 Å². The molecule has 0 radical (unpaired) electrons. The summed E-state index contributed by atoms with van der Waals surface area (Å²) in [6.45, 7) is 3.73. The van der Waals surface area contributed by atoms with Gasteiger partial charge in [0.05, 0.1) is 0 Å². The second kappa shape index (κ2) is 6.46. The summed E-state index contributed by atoms with van der Waals surface area (Å²) in [5, 5.41) is 3.32. The van der Waals surface area contributed by atoms with E-state index in [0.29, 0.717) is 5.92 Å². The Labute approximate surface area is 128 Å². The van der Waals surface area contributed by atoms with Gasteiger partial charge in [-0.2, -0.15) is 0 Å². The van der Waals surface area contributed by atoms with Crippen LogP contribution in [-0.4, -0.2) is 37.4 Å². The van der Waals surface area contributed by atoms with Crippen LogP contribution < -0.4 is 10.1 Å². The highest BCUT2D eigenvalue weighted by Gasteiger charge is 2.33. The van der Waals surface area contributed by atoms with Crippen molar-refractivity contribution in [2.45, 2.75) is 31.7 Å². The number of benzene rings is 1. The van der Waals surface area contributed by atoms with Crippen LogP contribution in [0.2, 0.25) is 0 Å². The first-order valence-electron chi connectivity index (χ1n) is 7.82. The molecule has 2 fully saturated rings. The van der Waals surface area contributed by atoms with E-state index in [0.717, 1.165) is 38.2 Å². The molecule has 0 bridgehead atoms. The third kappa shape index (κ3) is 4.36. The molecule has 1 aromatic carbocycles. The van der Waals surface area contributed by atoms with E-state index in [4.69, 9.17) is 0 Å². The molecule has 6 heteroatoms. The van der Waals surface area contributed by atoms with E-state index in [-0.39, 0.29) is 11.8 Å². The zero-order chi connectivity index (χ0) is 15.6. The van der Waals surface area contributed by atoms with Gasteiger partial charge in [0.25, 0.3) is 0 Å². The highest BCUT2D eigenvalue weighted by Crippen LogP contribution is 2.41. The lowest BCUT2D eigenvalue weighted by molar-refractivity contribution is -0.274. The van der Waals surface area contributed by atoms with E-state index in [2.05, 4.69) is 15.0 Å². The molecule has 0 spiro atoms. The minimum atomic E-state index is -4.64. The SMILES string of the molecule is FC(F)(F)Oc1cccc([C@@H](CC2CC2)N2CCNCC2)c1. The molecule has 0 aromatic heterocycles. The van der Waals surface area contributed by atoms with Crippen molar-refractivity contribution in [2.24, 2.45) is 5.92 Å². The maximum absolute atomic E-state index is 12.4. The van der Waals surface area contributed by atoms with E-state index >= 15 is 0 Å². The topological polar surface area (TPSA) is 24.5 Å². The number of hydrogen-bond donors (Lipinski definition) is 1. The fourth-order valence-corrected chi connectivity index (χ4v) is 3.08. The summed E-state index contributed by atoms with van der Waals surface area (Å²) < 4.78 is 41.3. The first-order chi connectivity index (χ1) is 10.5. The highest BCUT2D eigenvalue weighted by molar-refractivity contribution is 5.31. The molecule has 1 saturated heterocycles. The Hall–Kier alpha value is -1.27. The van der Waals surface area contributed by atoms with Gasteiger partial charge >= 0.3 is 6.36 Å². The van der Waals surface area contributed by atoms with Crippen molar-refractivity contribution in [1.82, 2.24) is 10.2 Å². The third-order valence-corrected chi connectivity index (χ3v) is 4.32. The summed E-state index contributed by atoms with van der Waals surface area (Å²) in [6, 6.07) is 6.66. The normalized spacial score (nSPS) is 21.6. The average molecular weight is 314 g/mol. The van der Waals surface area contributed by atoms with E-state index in [9.17, 15) is 13.2 Å². The van der Waals surface area contributed by atoms with Crippen LogP contribution in [-0.2, 0) is 0 Å². The molecular weight excluding hydrogens is 293 g/mol. The molecule has 122 valence electrons. The van der Waals surface area contributed by atoms with Crippen molar-refractivity contribution in [2.75, 3.05) is 26.2 Å². The Morgan fingerprint density at radius 2 is 1.95 bits per heavy atom. The minimum Gasteiger partial charge on any atom is -0.406 e. The Balaban J connectivity index is 1.78. The molecular formula is C16H21F3N2O. The Kier molecular flexibility index (Phi) is 4.59. The van der Waals surface area contributed by atoms with Gasteiger partial charge in [0.15, 0.2) is 0 Å². The molecule has 0 amide bonds. The number of halogens is 3. The van der Waals surface area contributed by atoms with E-state index in [1.54, 1.807) is 12.1 Å². The molecule has 1 saturated carbocycles. The number of hydrogen-bond acceptors (Lipinski definition) is 3. The molecule has 1 aliphatic heterocycles. The van der Waals surface area contributed by atoms with Crippen LogP contribution in [0.15, 0.2) is 24.3 Å². The lowest BCUT2D eigenvalue weighted by atomic mass is 9.98. The largest absolute Gasteiger partial charge is 0.573 e. The van der Waals surface area contributed by atoms with E-state index in [1.165, 1.54) is 18.9 Å². The van der Waals surface area contributed by atoms with Crippen molar-refractivity contribution in [3.8, 4) is 5.75 Å². The van der Waals surface area contributed by atoms with Crippen LogP contribution in [0.25, 0.3) is 0 Å². The number of alkyl halides is 3. The quantitative estimate of drug-likeness (QED) is 0.902. The van der Waals surface area contributed by atoms with Gasteiger partial charge in [-0.05, 0) is 30.0 Å². The van der Waals surface area contributed by atoms with Gasteiger partial charge in [-0.25, -0.2) is 0 Å². The predicted molar refractivity (Wildman–Crippen MR) is 77.6 cm³/mol. The van der Waals surface area contributed by atoms with Crippen molar-refractivity contribution in [3.05, 3.63) is 29.8 Å². The first kappa shape index (κ1) is 15.6. The van der Waals surface area contributed by atoms with Gasteiger partial charge in [-0.15, -0.1) is 13.2 Å². The number of ether oxygens (including phenoxy) is 1. The number of nitrogens with zero attached hydrogens (tertiary/aromatic N) is 1. The van der Waals surface area contributed by atoms with Crippen molar-refractivity contribution < 1.29 is 17.9 Å². The molecule has 3 rings (SSSR count). The van der Waals surface area contributed by atoms with Gasteiger partial charge in [0.1, 0.15) is 5.75 Å². The molecule has 3 nitrogen and oxygen atoms in total. The van der Waals surface area contributed by atoms with Crippen LogP contribution in [0.3, 0.4) is 0 Å². The van der Waals surface area contributed by atoms with Gasteiger partial charge in [-0.3, -0.25) is 4.90 Å². The summed E-state index contributed by atoms with van der Waals surface area (Å²) >= 11 is 0. The van der Waals surface area contributed by atoms with Crippen molar-refractivity contribution in [3.63, 3.8) is 0 Å². The molecule has 0 unspecified atom stereocenters. The number of nitrogens with one attached hydrogen (secondary N) is 1. The monoisotopic (exact) mass is 314 g/mol. The maximum atomic E-state index is 12.4. The minimum absolute atomic E-state index is 0.124. The predicted octanol–water partition coefficient (Wildman–Crippen LogP) is 3.33. The zero-order valence-corrected chi connectivity index (χ0v) is 12.4. The third-order valence-electron chi connectivity index (χ3n) is 4.32. The smallest absolute Gasteiger partial charge is 0.406 e. The summed E-state index contributed by atoms with van der Waals surface area (Å²) in [7, 11) is 0. The van der Waals surface area contributed by atoms with Crippen LogP contribution >= 0.6 is 0 Å². The summed E-state index contributed by atoms with van der Waals surface area (Å²) in [6.07, 6.45) is -1.14. The summed E-state index contributed by atoms with van der Waals surface area (Å²) in [4.78, 5) is 2.38. The molecule has 1 aromatic rings. The molecule has 1 aliphatic carbocycles. The van der Waals surface area contributed by atoms with Crippen LogP contribution in [0.1, 0.15) is 30.9 Å². The molecule has 22 heavy (non-hydrogen) atoms. The second-order valence-electron chi connectivity index (χ2n) is 6.10. The van der Waals surface area contributed by atoms with Gasteiger partial charge in [-0.1, -0.05) is 25.0 Å². The fourth-order valence-electron chi connectivity index (χ4n) is 3.08. The van der Waals surface area contributed by atoms with Gasteiger partial charge in [0.2, 0.25) is 0 Å². The first-order valence-corrected chi connectivity index (χ1v) is 7.82. The van der Waals surface area contributed by atoms with E-state index in [1.807, 2.05) is 6.07 Å². The molecule has 1 heterocycles. The Morgan fingerprint density at radius 1 is 1.23 bits per heavy atom. The molecule has 2 aliphatic rings. The number of piperazine rings is 1. The zero-order valence-electron chi connectivity index (χ0n) is 12.4. The van der Waals surface area contributed by atoms with Crippen LogP contribution in [0.4, 0.5) is 13.2 Å². The molecule has 1 N–H and O–H groups in total. The van der Waals surface area contributed by atoms with E-state index < -0.39 is 6.36 Å². The van der Waals surface area contributed by atoms with Gasteiger partial charge < -0.3 is 10.1 Å². The maximum Gasteiger partial charge on any atom is 0.573 e.